The van der Waals surface area contributed by atoms with E-state index < -0.39 is 0 Å². The van der Waals surface area contributed by atoms with Crippen molar-refractivity contribution in [1.29, 1.82) is 0 Å². The van der Waals surface area contributed by atoms with Gasteiger partial charge in [0, 0.05) is 17.3 Å². The van der Waals surface area contributed by atoms with E-state index in [1.807, 2.05) is 30.3 Å². The number of hydrogen-bond acceptors (Lipinski definition) is 3. The Labute approximate surface area is 75.9 Å². The van der Waals surface area contributed by atoms with Crippen molar-refractivity contribution in [1.82, 2.24) is 4.98 Å². The van der Waals surface area contributed by atoms with Crippen molar-refractivity contribution in [2.75, 3.05) is 0 Å². The average Bonchev–Trinajstić information content (AvgIpc) is 2.41. The second-order valence-electron chi connectivity index (χ2n) is 2.70. The summed E-state index contributed by atoms with van der Waals surface area (Å²) in [7, 11) is 0. The highest BCUT2D eigenvalue weighted by Crippen LogP contribution is 2.12. The molecule has 64 valence electrons. The fraction of sp³-hybridized carbons (Fsp3) is 0. The monoisotopic (exact) mass is 171 g/mol. The van der Waals surface area contributed by atoms with E-state index in [-0.39, 0.29) is 0 Å². The van der Waals surface area contributed by atoms with E-state index in [1.165, 1.54) is 0 Å². The first-order valence-corrected chi connectivity index (χ1v) is 3.99. The molecule has 0 saturated heterocycles. The third kappa shape index (κ3) is 1.36. The molecule has 0 spiro atoms. The van der Waals surface area contributed by atoms with Crippen LogP contribution < -0.4 is 11.2 Å². The van der Waals surface area contributed by atoms with Crippen LogP contribution in [0.5, 0.6) is 0 Å². The SMILES string of the molecule is NN=c1cncc2cccccc1-2. The summed E-state index contributed by atoms with van der Waals surface area (Å²) in [5.41, 5.74) is 2.05. The predicted octanol–water partition coefficient (Wildman–Crippen LogP) is 0.961. The molecule has 0 bridgehead atoms. The van der Waals surface area contributed by atoms with E-state index in [4.69, 9.17) is 5.84 Å². The molecule has 2 rings (SSSR count). The van der Waals surface area contributed by atoms with Gasteiger partial charge >= 0.3 is 0 Å². The third-order valence-corrected chi connectivity index (χ3v) is 1.90. The molecular weight excluding hydrogens is 162 g/mol. The van der Waals surface area contributed by atoms with Gasteiger partial charge in [0.25, 0.3) is 0 Å². The van der Waals surface area contributed by atoms with Gasteiger partial charge < -0.3 is 5.84 Å². The fourth-order valence-electron chi connectivity index (χ4n) is 1.27. The quantitative estimate of drug-likeness (QED) is 0.474. The lowest BCUT2D eigenvalue weighted by molar-refractivity contribution is 1.11. The van der Waals surface area contributed by atoms with Gasteiger partial charge in [-0.15, -0.1) is 0 Å². The molecule has 1 aliphatic heterocycles. The van der Waals surface area contributed by atoms with Crippen LogP contribution in [0.25, 0.3) is 11.1 Å². The number of rotatable bonds is 0. The molecule has 0 unspecified atom stereocenters. The van der Waals surface area contributed by atoms with E-state index in [1.54, 1.807) is 12.4 Å². The van der Waals surface area contributed by atoms with E-state index in [9.17, 15) is 0 Å². The van der Waals surface area contributed by atoms with Gasteiger partial charge in [0.2, 0.25) is 0 Å². The Kier molecular flexibility index (Phi) is 1.92. The largest absolute Gasteiger partial charge is 0.323 e. The highest BCUT2D eigenvalue weighted by Gasteiger charge is 1.99. The standard InChI is InChI=1S/C10H9N3/c11-13-10-7-12-6-8-4-2-1-3-5-9(8)10/h1-7H,11H2. The summed E-state index contributed by atoms with van der Waals surface area (Å²) in [6.45, 7) is 0. The molecule has 1 aliphatic carbocycles. The number of nitrogens with zero attached hydrogens (tertiary/aromatic N) is 2. The van der Waals surface area contributed by atoms with Gasteiger partial charge in [0.05, 0.1) is 6.20 Å². The number of aromatic nitrogens is 1. The average molecular weight is 171 g/mol. The van der Waals surface area contributed by atoms with Crippen molar-refractivity contribution >= 4 is 0 Å². The first-order valence-electron chi connectivity index (χ1n) is 3.99. The number of pyridine rings is 1. The zero-order valence-corrected chi connectivity index (χ0v) is 7.01. The Morgan fingerprint density at radius 2 is 1.92 bits per heavy atom. The molecule has 13 heavy (non-hydrogen) atoms. The summed E-state index contributed by atoms with van der Waals surface area (Å²) < 4.78 is 0. The lowest BCUT2D eigenvalue weighted by atomic mass is 10.1. The van der Waals surface area contributed by atoms with Crippen LogP contribution >= 0.6 is 0 Å². The predicted molar refractivity (Wildman–Crippen MR) is 50.6 cm³/mol. The van der Waals surface area contributed by atoms with Crippen LogP contribution in [0.4, 0.5) is 0 Å². The highest BCUT2D eigenvalue weighted by atomic mass is 15.1. The molecule has 0 amide bonds. The van der Waals surface area contributed by atoms with Crippen molar-refractivity contribution < 1.29 is 0 Å². The van der Waals surface area contributed by atoms with Crippen molar-refractivity contribution in [3.05, 3.63) is 48.1 Å². The molecule has 0 aromatic heterocycles. The maximum atomic E-state index is 5.24. The lowest BCUT2D eigenvalue weighted by Crippen LogP contribution is -2.09. The normalized spacial score (nSPS) is 11.8. The molecule has 3 nitrogen and oxygen atoms in total. The summed E-state index contributed by atoms with van der Waals surface area (Å²) in [5, 5.41) is 4.38. The van der Waals surface area contributed by atoms with Crippen LogP contribution in [0.15, 0.2) is 47.8 Å². The summed E-state index contributed by atoms with van der Waals surface area (Å²) >= 11 is 0. The molecule has 3 heteroatoms. The zero-order valence-electron chi connectivity index (χ0n) is 7.01. The second kappa shape index (κ2) is 3.23. The summed E-state index contributed by atoms with van der Waals surface area (Å²) in [5.74, 6) is 5.24. The van der Waals surface area contributed by atoms with Crippen LogP contribution in [0.3, 0.4) is 0 Å². The van der Waals surface area contributed by atoms with Gasteiger partial charge in [-0.3, -0.25) is 4.98 Å². The number of hydrogen-bond donors (Lipinski definition) is 1. The van der Waals surface area contributed by atoms with Crippen molar-refractivity contribution in [2.45, 2.75) is 0 Å². The van der Waals surface area contributed by atoms with Crippen LogP contribution in [0.2, 0.25) is 0 Å². The molecule has 1 heterocycles. The van der Waals surface area contributed by atoms with E-state index in [2.05, 4.69) is 10.1 Å². The van der Waals surface area contributed by atoms with Gasteiger partial charge in [0.1, 0.15) is 5.36 Å². The van der Waals surface area contributed by atoms with E-state index >= 15 is 0 Å². The number of nitrogens with two attached hydrogens (primary N) is 1. The maximum Gasteiger partial charge on any atom is 0.109 e. The maximum absolute atomic E-state index is 5.24. The molecule has 2 aliphatic rings. The molecule has 0 atom stereocenters. The fourth-order valence-corrected chi connectivity index (χ4v) is 1.27. The minimum Gasteiger partial charge on any atom is -0.323 e. The lowest BCUT2D eigenvalue weighted by Gasteiger charge is -1.98. The zero-order chi connectivity index (χ0) is 9.10. The highest BCUT2D eigenvalue weighted by molar-refractivity contribution is 5.61. The van der Waals surface area contributed by atoms with Gasteiger partial charge in [-0.1, -0.05) is 30.3 Å². The van der Waals surface area contributed by atoms with Crippen LogP contribution in [-0.4, -0.2) is 4.98 Å². The molecular formula is C10H9N3. The molecule has 0 fully saturated rings. The van der Waals surface area contributed by atoms with Crippen LogP contribution in [-0.2, 0) is 0 Å². The molecule has 2 N–H and O–H groups in total. The molecule has 0 aromatic carbocycles. The van der Waals surface area contributed by atoms with Crippen molar-refractivity contribution in [3.63, 3.8) is 0 Å². The van der Waals surface area contributed by atoms with Gasteiger partial charge in [-0.05, 0) is 0 Å². The summed E-state index contributed by atoms with van der Waals surface area (Å²) in [6, 6.07) is 9.83. The first-order chi connectivity index (χ1) is 6.42. The first kappa shape index (κ1) is 7.73. The Balaban J connectivity index is 2.87. The third-order valence-electron chi connectivity index (χ3n) is 1.90. The second-order valence-corrected chi connectivity index (χ2v) is 2.70. The molecule has 0 radical (unpaired) electrons. The number of fused-ring (bicyclic) bond motifs is 1. The Morgan fingerprint density at radius 3 is 2.77 bits per heavy atom. The minimum absolute atomic E-state index is 0.716. The van der Waals surface area contributed by atoms with Crippen LogP contribution in [0, 0.1) is 0 Å². The topological polar surface area (TPSA) is 51.3 Å². The van der Waals surface area contributed by atoms with Crippen LogP contribution in [0.1, 0.15) is 0 Å². The Hall–Kier alpha value is -1.90. The minimum atomic E-state index is 0.716. The van der Waals surface area contributed by atoms with E-state index in [0.717, 1.165) is 11.1 Å². The molecule has 0 saturated carbocycles. The summed E-state index contributed by atoms with van der Waals surface area (Å²) in [6.07, 6.45) is 3.45. The summed E-state index contributed by atoms with van der Waals surface area (Å²) in [4.78, 5) is 4.04. The van der Waals surface area contributed by atoms with Gasteiger partial charge in [-0.25, -0.2) is 0 Å². The van der Waals surface area contributed by atoms with E-state index in [0.29, 0.717) is 5.36 Å². The Morgan fingerprint density at radius 1 is 1.08 bits per heavy atom. The molecule has 0 aromatic rings. The van der Waals surface area contributed by atoms with Gasteiger partial charge in [-0.2, -0.15) is 5.10 Å². The Bertz CT molecular complexity index is 451. The van der Waals surface area contributed by atoms with Crippen molar-refractivity contribution in [2.24, 2.45) is 10.9 Å². The smallest absolute Gasteiger partial charge is 0.109 e. The van der Waals surface area contributed by atoms with Crippen molar-refractivity contribution in [3.8, 4) is 11.1 Å². The van der Waals surface area contributed by atoms with Gasteiger partial charge in [0.15, 0.2) is 0 Å².